The van der Waals surface area contributed by atoms with Gasteiger partial charge in [0.05, 0.1) is 0 Å². The monoisotopic (exact) mass is 512 g/mol. The Kier molecular flexibility index (Phi) is 5.01. The van der Waals surface area contributed by atoms with E-state index in [1.54, 1.807) is 11.1 Å². The minimum Gasteiger partial charge on any atom is -0.0731 e. The van der Waals surface area contributed by atoms with E-state index in [4.69, 9.17) is 0 Å². The summed E-state index contributed by atoms with van der Waals surface area (Å²) in [6.07, 6.45) is 2.21. The van der Waals surface area contributed by atoms with Gasteiger partial charge >= 0.3 is 0 Å². The first-order valence-electron chi connectivity index (χ1n) is 14.4. The molecule has 0 N–H and O–H groups in total. The van der Waals surface area contributed by atoms with E-state index >= 15 is 0 Å². The molecule has 0 aliphatic heterocycles. The van der Waals surface area contributed by atoms with Gasteiger partial charge in [-0.3, -0.25) is 0 Å². The summed E-state index contributed by atoms with van der Waals surface area (Å²) in [5, 5.41) is 5.28. The molecule has 0 aromatic heterocycles. The molecule has 0 saturated carbocycles. The summed E-state index contributed by atoms with van der Waals surface area (Å²) in [6.45, 7) is 6.92. The summed E-state index contributed by atoms with van der Waals surface area (Å²) in [5.41, 5.74) is 15.5. The predicted octanol–water partition coefficient (Wildman–Crippen LogP) is 11.0. The molecule has 0 nitrogen and oxygen atoms in total. The Balaban J connectivity index is 1.47. The molecular formula is C40H32. The number of aryl methyl sites for hydroxylation is 1. The van der Waals surface area contributed by atoms with E-state index in [2.05, 4.69) is 136 Å². The van der Waals surface area contributed by atoms with Crippen LogP contribution in [-0.2, 0) is 5.41 Å². The van der Waals surface area contributed by atoms with Gasteiger partial charge in [-0.25, -0.2) is 0 Å². The minimum absolute atomic E-state index is 0.0166. The van der Waals surface area contributed by atoms with Gasteiger partial charge in [-0.1, -0.05) is 114 Å². The Labute approximate surface area is 236 Å². The SMILES string of the molecule is CC1=C(C)CC2(C1)c1cc(C)ccc1-c1c2cc(-c2cc(-c3ccccc3)c3ccccc3c2)c2ccccc12. The van der Waals surface area contributed by atoms with Crippen LogP contribution in [-0.4, -0.2) is 0 Å². The third-order valence-electron chi connectivity index (χ3n) is 9.64. The molecule has 6 aromatic carbocycles. The van der Waals surface area contributed by atoms with Crippen LogP contribution in [0.25, 0.3) is 54.9 Å². The second-order valence-electron chi connectivity index (χ2n) is 12.0. The Morgan fingerprint density at radius 2 is 1.12 bits per heavy atom. The van der Waals surface area contributed by atoms with E-state index in [9.17, 15) is 0 Å². The molecule has 0 atom stereocenters. The predicted molar refractivity (Wildman–Crippen MR) is 171 cm³/mol. The lowest BCUT2D eigenvalue weighted by atomic mass is 9.73. The van der Waals surface area contributed by atoms with Gasteiger partial charge in [-0.2, -0.15) is 0 Å². The third-order valence-corrected chi connectivity index (χ3v) is 9.64. The molecule has 8 rings (SSSR count). The summed E-state index contributed by atoms with van der Waals surface area (Å²) in [5.74, 6) is 0. The normalized spacial score (nSPS) is 15.3. The molecule has 0 radical (unpaired) electrons. The molecule has 0 amide bonds. The Hall–Kier alpha value is -4.42. The highest BCUT2D eigenvalue weighted by Gasteiger charge is 2.47. The fourth-order valence-electron chi connectivity index (χ4n) is 7.67. The van der Waals surface area contributed by atoms with Crippen LogP contribution in [0.1, 0.15) is 43.4 Å². The molecule has 0 bridgehead atoms. The minimum atomic E-state index is 0.0166. The third kappa shape index (κ3) is 3.26. The number of fused-ring (bicyclic) bond motifs is 8. The molecule has 0 saturated heterocycles. The Bertz CT molecular complexity index is 2010. The number of hydrogen-bond acceptors (Lipinski definition) is 0. The standard InChI is InChI=1S/C40H32/c1-25-17-18-34-37(19-25)40(23-26(2)27(3)24-40)38-22-36(32-15-9-10-16-33(32)39(34)38)30-20-29-13-7-8-14-31(29)35(21-30)28-11-5-4-6-12-28/h4-22H,23-24H2,1-3H3. The molecule has 2 aliphatic carbocycles. The average Bonchev–Trinajstić information content (AvgIpc) is 3.44. The van der Waals surface area contributed by atoms with E-state index in [1.807, 2.05) is 0 Å². The average molecular weight is 513 g/mol. The first-order valence-corrected chi connectivity index (χ1v) is 14.4. The zero-order valence-corrected chi connectivity index (χ0v) is 23.4. The summed E-state index contributed by atoms with van der Waals surface area (Å²) in [6, 6.07) is 43.3. The van der Waals surface area contributed by atoms with Crippen molar-refractivity contribution in [1.82, 2.24) is 0 Å². The largest absolute Gasteiger partial charge is 0.0731 e. The highest BCUT2D eigenvalue weighted by molar-refractivity contribution is 6.11. The smallest absolute Gasteiger partial charge is 0.0289 e. The first-order chi connectivity index (χ1) is 19.5. The zero-order chi connectivity index (χ0) is 27.0. The fraction of sp³-hybridized carbons (Fsp3) is 0.150. The van der Waals surface area contributed by atoms with Gasteiger partial charge in [0, 0.05) is 5.41 Å². The van der Waals surface area contributed by atoms with Gasteiger partial charge < -0.3 is 0 Å². The van der Waals surface area contributed by atoms with E-state index in [-0.39, 0.29) is 5.41 Å². The number of rotatable bonds is 2. The van der Waals surface area contributed by atoms with Crippen LogP contribution in [0.5, 0.6) is 0 Å². The van der Waals surface area contributed by atoms with E-state index in [0.29, 0.717) is 0 Å². The van der Waals surface area contributed by atoms with Crippen molar-refractivity contribution in [2.75, 3.05) is 0 Å². The van der Waals surface area contributed by atoms with Crippen molar-refractivity contribution in [2.45, 2.75) is 39.0 Å². The fourth-order valence-corrected chi connectivity index (χ4v) is 7.67. The molecule has 0 fully saturated rings. The molecule has 1 spiro atoms. The zero-order valence-electron chi connectivity index (χ0n) is 23.4. The highest BCUT2D eigenvalue weighted by atomic mass is 14.5. The highest BCUT2D eigenvalue weighted by Crippen LogP contribution is 2.60. The summed E-state index contributed by atoms with van der Waals surface area (Å²) in [7, 11) is 0. The van der Waals surface area contributed by atoms with Crippen LogP contribution >= 0.6 is 0 Å². The lowest BCUT2D eigenvalue weighted by Gasteiger charge is -2.29. The van der Waals surface area contributed by atoms with Crippen molar-refractivity contribution in [1.29, 1.82) is 0 Å². The molecule has 192 valence electrons. The van der Waals surface area contributed by atoms with Crippen LogP contribution in [0.2, 0.25) is 0 Å². The van der Waals surface area contributed by atoms with Crippen LogP contribution in [0.15, 0.2) is 126 Å². The van der Waals surface area contributed by atoms with Crippen molar-refractivity contribution in [3.05, 3.63) is 143 Å². The number of hydrogen-bond donors (Lipinski definition) is 0. The quantitative estimate of drug-likeness (QED) is 0.202. The van der Waals surface area contributed by atoms with Crippen molar-refractivity contribution >= 4 is 21.5 Å². The van der Waals surface area contributed by atoms with E-state index < -0.39 is 0 Å². The maximum absolute atomic E-state index is 2.57. The second kappa shape index (κ2) is 8.54. The molecule has 0 unspecified atom stereocenters. The van der Waals surface area contributed by atoms with Crippen molar-refractivity contribution in [2.24, 2.45) is 0 Å². The maximum Gasteiger partial charge on any atom is 0.0289 e. The summed E-state index contributed by atoms with van der Waals surface area (Å²) in [4.78, 5) is 0. The second-order valence-corrected chi connectivity index (χ2v) is 12.0. The molecule has 2 aliphatic rings. The van der Waals surface area contributed by atoms with E-state index in [1.165, 1.54) is 71.6 Å². The van der Waals surface area contributed by atoms with Gasteiger partial charge in [-0.05, 0) is 118 Å². The topological polar surface area (TPSA) is 0 Å². The van der Waals surface area contributed by atoms with Gasteiger partial charge in [0.15, 0.2) is 0 Å². The van der Waals surface area contributed by atoms with Crippen LogP contribution in [0.4, 0.5) is 0 Å². The van der Waals surface area contributed by atoms with Crippen LogP contribution in [0, 0.1) is 6.92 Å². The van der Waals surface area contributed by atoms with Crippen LogP contribution < -0.4 is 0 Å². The van der Waals surface area contributed by atoms with Gasteiger partial charge in [0.2, 0.25) is 0 Å². The first kappa shape index (κ1) is 23.5. The maximum atomic E-state index is 2.57. The molecule has 6 aromatic rings. The number of allylic oxidation sites excluding steroid dienone is 2. The van der Waals surface area contributed by atoms with Gasteiger partial charge in [0.1, 0.15) is 0 Å². The summed E-state index contributed by atoms with van der Waals surface area (Å²) < 4.78 is 0. The molecule has 0 heteroatoms. The van der Waals surface area contributed by atoms with E-state index in [0.717, 1.165) is 12.8 Å². The Morgan fingerprint density at radius 1 is 0.475 bits per heavy atom. The molecular weight excluding hydrogens is 480 g/mol. The molecule has 40 heavy (non-hydrogen) atoms. The Morgan fingerprint density at radius 3 is 1.90 bits per heavy atom. The summed E-state index contributed by atoms with van der Waals surface area (Å²) >= 11 is 0. The molecule has 0 heterocycles. The number of benzene rings is 6. The van der Waals surface area contributed by atoms with Crippen molar-refractivity contribution in [3.63, 3.8) is 0 Å². The van der Waals surface area contributed by atoms with Crippen molar-refractivity contribution < 1.29 is 0 Å². The van der Waals surface area contributed by atoms with Crippen LogP contribution in [0.3, 0.4) is 0 Å². The van der Waals surface area contributed by atoms with Crippen molar-refractivity contribution in [3.8, 4) is 33.4 Å². The lowest BCUT2D eigenvalue weighted by Crippen LogP contribution is -2.22. The van der Waals surface area contributed by atoms with Gasteiger partial charge in [-0.15, -0.1) is 0 Å². The lowest BCUT2D eigenvalue weighted by molar-refractivity contribution is 0.557. The van der Waals surface area contributed by atoms with Gasteiger partial charge in [0.25, 0.3) is 0 Å².